The Labute approximate surface area is 390 Å². The lowest BCUT2D eigenvalue weighted by molar-refractivity contribution is 0.444. The van der Waals surface area contributed by atoms with E-state index < -0.39 is 0 Å². The van der Waals surface area contributed by atoms with Crippen LogP contribution in [0.2, 0.25) is 0 Å². The summed E-state index contributed by atoms with van der Waals surface area (Å²) in [7, 11) is 0. The molecule has 0 aliphatic heterocycles. The summed E-state index contributed by atoms with van der Waals surface area (Å²) in [4.78, 5) is 2.36. The topological polar surface area (TPSA) is 0 Å². The number of benzene rings is 7. The van der Waals surface area contributed by atoms with E-state index in [0.29, 0.717) is 11.2 Å². The number of thioether (sulfide) groups is 2. The summed E-state index contributed by atoms with van der Waals surface area (Å²) in [6.45, 7) is 17.4. The van der Waals surface area contributed by atoms with Crippen LogP contribution in [0.1, 0.15) is 103 Å². The predicted molar refractivity (Wildman–Crippen MR) is 289 cm³/mol. The lowest BCUT2D eigenvalue weighted by atomic mass is 9.35. The van der Waals surface area contributed by atoms with Crippen LogP contribution in [0.25, 0.3) is 21.5 Å². The van der Waals surface area contributed by atoms with Crippen molar-refractivity contribution in [2.24, 2.45) is 0 Å². The summed E-state index contributed by atoms with van der Waals surface area (Å²) in [6.07, 6.45) is 12.8. The first-order valence-corrected chi connectivity index (χ1v) is 25.9. The third kappa shape index (κ3) is 13.8. The van der Waals surface area contributed by atoms with Crippen LogP contribution >= 0.6 is 48.8 Å². The molecule has 0 radical (unpaired) electrons. The lowest BCUT2D eigenvalue weighted by Gasteiger charge is -2.25. The molecular formula is C56H69BS4. The van der Waals surface area contributed by atoms with Crippen molar-refractivity contribution in [2.45, 2.75) is 108 Å². The Bertz CT molecular complexity index is 2290. The molecular weight excluding hydrogens is 812 g/mol. The van der Waals surface area contributed by atoms with Crippen molar-refractivity contribution < 1.29 is 0 Å². The van der Waals surface area contributed by atoms with E-state index in [1.54, 1.807) is 18.0 Å². The van der Waals surface area contributed by atoms with Crippen molar-refractivity contribution in [1.82, 2.24) is 0 Å². The fraction of sp³-hybridized carbons (Fsp3) is 0.321. The second kappa shape index (κ2) is 25.6. The Morgan fingerprint density at radius 2 is 1.02 bits per heavy atom. The van der Waals surface area contributed by atoms with Crippen LogP contribution in [0.5, 0.6) is 0 Å². The Hall–Kier alpha value is -3.48. The van der Waals surface area contributed by atoms with Crippen LogP contribution in [-0.4, -0.2) is 25.5 Å². The van der Waals surface area contributed by atoms with Gasteiger partial charge >= 0.3 is 0 Å². The van der Waals surface area contributed by atoms with Gasteiger partial charge in [-0.05, 0) is 142 Å². The second-order valence-electron chi connectivity index (χ2n) is 16.0. The van der Waals surface area contributed by atoms with Gasteiger partial charge in [-0.1, -0.05) is 181 Å². The normalized spacial score (nSPS) is 12.7. The Morgan fingerprint density at radius 1 is 0.541 bits per heavy atom. The molecule has 5 heteroatoms. The van der Waals surface area contributed by atoms with Gasteiger partial charge in [0.25, 0.3) is 0 Å². The summed E-state index contributed by atoms with van der Waals surface area (Å²) >= 11 is 11.4. The van der Waals surface area contributed by atoms with Crippen molar-refractivity contribution in [3.05, 3.63) is 172 Å². The van der Waals surface area contributed by atoms with Crippen LogP contribution in [-0.2, 0) is 0 Å². The number of hydrogen-bond donors (Lipinski definition) is 2. The van der Waals surface area contributed by atoms with E-state index in [0.717, 1.165) is 4.90 Å². The van der Waals surface area contributed by atoms with Crippen LogP contribution in [0.3, 0.4) is 0 Å². The van der Waals surface area contributed by atoms with E-state index in [-0.39, 0.29) is 6.71 Å². The fourth-order valence-electron chi connectivity index (χ4n) is 8.16. The molecule has 0 nitrogen and oxygen atoms in total. The molecule has 1 atom stereocenters. The highest BCUT2D eigenvalue weighted by Crippen LogP contribution is 2.37. The molecule has 0 bridgehead atoms. The number of rotatable bonds is 7. The molecule has 0 aromatic heterocycles. The fourth-order valence-corrected chi connectivity index (χ4v) is 9.14. The molecule has 1 aliphatic carbocycles. The Kier molecular flexibility index (Phi) is 21.0. The first-order valence-electron chi connectivity index (χ1n) is 22.0. The molecule has 1 aliphatic rings. The van der Waals surface area contributed by atoms with Gasteiger partial charge in [-0.15, -0.1) is 24.4 Å². The molecule has 0 heterocycles. The minimum atomic E-state index is 0.159. The van der Waals surface area contributed by atoms with Crippen LogP contribution in [0.15, 0.2) is 143 Å². The average Bonchev–Trinajstić information content (AvgIpc) is 3.31. The second-order valence-corrected chi connectivity index (χ2v) is 18.5. The largest absolute Gasteiger partial charge is 0.242 e. The Morgan fingerprint density at radius 3 is 1.49 bits per heavy atom. The molecule has 0 amide bonds. The highest BCUT2D eigenvalue weighted by molar-refractivity contribution is 7.99. The molecule has 1 unspecified atom stereocenters. The maximum atomic E-state index is 4.13. The Balaban J connectivity index is 0.000000320. The zero-order chi connectivity index (χ0) is 44.5. The van der Waals surface area contributed by atoms with E-state index >= 15 is 0 Å². The zero-order valence-electron chi connectivity index (χ0n) is 38.7. The number of fused-ring (bicyclic) bond motifs is 2. The first-order chi connectivity index (χ1) is 29.6. The number of aryl methyl sites for hydroxylation is 5. The van der Waals surface area contributed by atoms with Gasteiger partial charge in [-0.3, -0.25) is 0 Å². The van der Waals surface area contributed by atoms with Crippen molar-refractivity contribution in [3.8, 4) is 0 Å². The molecule has 320 valence electrons. The molecule has 0 spiro atoms. The van der Waals surface area contributed by atoms with Gasteiger partial charge in [0.2, 0.25) is 6.71 Å². The summed E-state index contributed by atoms with van der Waals surface area (Å²) in [5.41, 5.74) is 13.8. The summed E-state index contributed by atoms with van der Waals surface area (Å²) in [6, 6.07) is 49.9. The third-order valence-electron chi connectivity index (χ3n) is 11.8. The SMILES string of the molecule is CC.CS.CSC(C)c1ccc2c(C)c3cc(C4CCCCC4)ccc3c(B(c3ccc(C)cc3)c3ccc(C)cc3)c2c1.CSc1ccc(C)cc1.Cc1ccc(S)cc1. The van der Waals surface area contributed by atoms with E-state index in [9.17, 15) is 0 Å². The van der Waals surface area contributed by atoms with E-state index in [1.807, 2.05) is 49.9 Å². The van der Waals surface area contributed by atoms with Crippen LogP contribution < -0.4 is 16.4 Å². The molecule has 7 aromatic rings. The highest BCUT2D eigenvalue weighted by atomic mass is 32.2. The van der Waals surface area contributed by atoms with Gasteiger partial charge in [0.05, 0.1) is 0 Å². The van der Waals surface area contributed by atoms with Gasteiger partial charge in [0.1, 0.15) is 0 Å². The minimum absolute atomic E-state index is 0.159. The van der Waals surface area contributed by atoms with Gasteiger partial charge in [0.15, 0.2) is 0 Å². The van der Waals surface area contributed by atoms with Gasteiger partial charge in [-0.2, -0.15) is 24.4 Å². The van der Waals surface area contributed by atoms with Crippen LogP contribution in [0.4, 0.5) is 0 Å². The maximum absolute atomic E-state index is 4.13. The standard InChI is InChI=1S/C38H41BS.C8H10S.C7H8S.C2H6.CH4S/c1-25-11-17-32(18-12-25)39(33-19-13-26(2)14-20-33)38-35-22-16-31(29-9-7-6-8-10-29)24-36(35)27(3)34-21-15-30(23-37(34)38)28(4)40-5;1-7-3-5-8(9-2)6-4-7;1-6-2-4-7(8)5-3-6;2*1-2/h11-24,28-29H,6-10H2,1-5H3;3-6H,1-2H3;2-5,8H,1H3;1-2H3;2H,1H3. The molecule has 1 fully saturated rings. The summed E-state index contributed by atoms with van der Waals surface area (Å²) in [5, 5.41) is 6.09. The van der Waals surface area contributed by atoms with E-state index in [1.165, 1.54) is 114 Å². The minimum Gasteiger partial charge on any atom is -0.183 e. The quantitative estimate of drug-likeness (QED) is 0.0709. The van der Waals surface area contributed by atoms with Crippen LogP contribution in [0, 0.1) is 34.6 Å². The molecule has 8 rings (SSSR count). The molecule has 61 heavy (non-hydrogen) atoms. The molecule has 1 saturated carbocycles. The van der Waals surface area contributed by atoms with Gasteiger partial charge in [0, 0.05) is 15.0 Å². The molecule has 0 N–H and O–H groups in total. The zero-order valence-corrected chi connectivity index (χ0v) is 42.1. The summed E-state index contributed by atoms with van der Waals surface area (Å²) in [5.74, 6) is 0.700. The highest BCUT2D eigenvalue weighted by Gasteiger charge is 2.28. The summed E-state index contributed by atoms with van der Waals surface area (Å²) < 4.78 is 0. The monoisotopic (exact) mass is 880 g/mol. The third-order valence-corrected chi connectivity index (χ3v) is 13.8. The average molecular weight is 881 g/mol. The van der Waals surface area contributed by atoms with Crippen molar-refractivity contribution in [1.29, 1.82) is 0 Å². The lowest BCUT2D eigenvalue weighted by Crippen LogP contribution is -2.52. The molecule has 0 saturated heterocycles. The number of hydrogen-bond acceptors (Lipinski definition) is 4. The van der Waals surface area contributed by atoms with Gasteiger partial charge in [-0.25, -0.2) is 0 Å². The van der Waals surface area contributed by atoms with E-state index in [4.69, 9.17) is 0 Å². The van der Waals surface area contributed by atoms with Crippen molar-refractivity contribution >= 4 is 93.4 Å². The molecule has 7 aromatic carbocycles. The first kappa shape index (κ1) is 50.2. The smallest absolute Gasteiger partial charge is 0.183 e. The van der Waals surface area contributed by atoms with Crippen molar-refractivity contribution in [2.75, 3.05) is 18.8 Å². The predicted octanol–water partition coefficient (Wildman–Crippen LogP) is 15.5. The maximum Gasteiger partial charge on any atom is 0.242 e. The van der Waals surface area contributed by atoms with E-state index in [2.05, 4.69) is 189 Å². The number of thiol groups is 2. The van der Waals surface area contributed by atoms with Crippen molar-refractivity contribution in [3.63, 3.8) is 0 Å². The van der Waals surface area contributed by atoms with Gasteiger partial charge < -0.3 is 0 Å².